The molecule has 98 valence electrons. The molecule has 0 radical (unpaired) electrons. The highest BCUT2D eigenvalue weighted by molar-refractivity contribution is 5.42. The van der Waals surface area contributed by atoms with Gasteiger partial charge in [0.15, 0.2) is 0 Å². The molecule has 0 saturated carbocycles. The molecule has 0 unspecified atom stereocenters. The third-order valence-corrected chi connectivity index (χ3v) is 2.77. The van der Waals surface area contributed by atoms with Crippen molar-refractivity contribution in [2.24, 2.45) is 0 Å². The van der Waals surface area contributed by atoms with Gasteiger partial charge in [-0.2, -0.15) is 5.26 Å². The topological polar surface area (TPSA) is 53.6 Å². The number of imidazole rings is 1. The number of hydrogen-bond donors (Lipinski definition) is 1. The molecule has 0 fully saturated rings. The largest absolute Gasteiger partial charge is 0.306 e. The molecule has 0 saturated heterocycles. The number of hydrogen-bond acceptors (Lipinski definition) is 3. The van der Waals surface area contributed by atoms with Crippen molar-refractivity contribution in [3.05, 3.63) is 48.0 Å². The second-order valence-corrected chi connectivity index (χ2v) is 5.52. The van der Waals surface area contributed by atoms with E-state index in [-0.39, 0.29) is 5.54 Å². The summed E-state index contributed by atoms with van der Waals surface area (Å²) in [7, 11) is 0. The molecular weight excluding hydrogens is 236 g/mol. The molecule has 19 heavy (non-hydrogen) atoms. The van der Waals surface area contributed by atoms with Gasteiger partial charge in [0.1, 0.15) is 0 Å². The van der Waals surface area contributed by atoms with Crippen LogP contribution in [0.25, 0.3) is 5.69 Å². The summed E-state index contributed by atoms with van der Waals surface area (Å²) in [4.78, 5) is 4.19. The molecule has 0 atom stereocenters. The smallest absolute Gasteiger partial charge is 0.0994 e. The minimum atomic E-state index is 0.0591. The first kappa shape index (κ1) is 13.3. The Balaban J connectivity index is 2.26. The zero-order valence-electron chi connectivity index (χ0n) is 11.5. The quantitative estimate of drug-likeness (QED) is 0.916. The van der Waals surface area contributed by atoms with Crippen LogP contribution >= 0.6 is 0 Å². The molecule has 1 aromatic heterocycles. The highest BCUT2D eigenvalue weighted by Crippen LogP contribution is 2.13. The summed E-state index contributed by atoms with van der Waals surface area (Å²) < 4.78 is 2.00. The average Bonchev–Trinajstić information content (AvgIpc) is 2.84. The van der Waals surface area contributed by atoms with E-state index in [1.165, 1.54) is 0 Å². The van der Waals surface area contributed by atoms with Crippen LogP contribution in [0.3, 0.4) is 0 Å². The lowest BCUT2D eigenvalue weighted by Crippen LogP contribution is -2.35. The Kier molecular flexibility index (Phi) is 3.68. The predicted molar refractivity (Wildman–Crippen MR) is 74.9 cm³/mol. The number of rotatable bonds is 3. The van der Waals surface area contributed by atoms with Gasteiger partial charge in [0.05, 0.1) is 23.7 Å². The second-order valence-electron chi connectivity index (χ2n) is 5.52. The molecule has 0 spiro atoms. The summed E-state index contributed by atoms with van der Waals surface area (Å²) in [5.74, 6) is 0. The fraction of sp³-hybridized carbons (Fsp3) is 0.333. The molecular formula is C15H18N4. The van der Waals surface area contributed by atoms with E-state index in [1.807, 2.05) is 29.0 Å². The van der Waals surface area contributed by atoms with Crippen molar-refractivity contribution in [3.8, 4) is 11.8 Å². The van der Waals surface area contributed by atoms with Crippen LogP contribution in [0.1, 0.15) is 32.0 Å². The monoisotopic (exact) mass is 254 g/mol. The maximum atomic E-state index is 8.95. The zero-order valence-corrected chi connectivity index (χ0v) is 11.5. The van der Waals surface area contributed by atoms with E-state index < -0.39 is 0 Å². The van der Waals surface area contributed by atoms with Crippen molar-refractivity contribution < 1.29 is 0 Å². The van der Waals surface area contributed by atoms with E-state index in [2.05, 4.69) is 37.1 Å². The zero-order chi connectivity index (χ0) is 13.9. The highest BCUT2D eigenvalue weighted by Gasteiger charge is 2.11. The van der Waals surface area contributed by atoms with Gasteiger partial charge in [-0.25, -0.2) is 4.98 Å². The van der Waals surface area contributed by atoms with Gasteiger partial charge in [0, 0.05) is 24.0 Å². The third kappa shape index (κ3) is 3.43. The maximum Gasteiger partial charge on any atom is 0.0994 e. The fourth-order valence-corrected chi connectivity index (χ4v) is 1.77. The molecule has 2 rings (SSSR count). The van der Waals surface area contributed by atoms with E-state index in [0.717, 1.165) is 17.9 Å². The number of benzene rings is 1. The van der Waals surface area contributed by atoms with Crippen LogP contribution in [0.5, 0.6) is 0 Å². The average molecular weight is 254 g/mol. The Labute approximate surface area is 113 Å². The van der Waals surface area contributed by atoms with E-state index in [0.29, 0.717) is 5.56 Å². The molecule has 4 nitrogen and oxygen atoms in total. The summed E-state index contributed by atoms with van der Waals surface area (Å²) in [6, 6.07) is 9.68. The first-order chi connectivity index (χ1) is 8.99. The predicted octanol–water partition coefficient (Wildman–Crippen LogP) is 2.63. The lowest BCUT2D eigenvalue weighted by atomic mass is 10.1. The van der Waals surface area contributed by atoms with Crippen LogP contribution in [0.2, 0.25) is 0 Å². The number of nitrogens with one attached hydrogen (secondary N) is 1. The number of nitrogens with zero attached hydrogens (tertiary/aromatic N) is 3. The van der Waals surface area contributed by atoms with E-state index in [4.69, 9.17) is 5.26 Å². The molecule has 4 heteroatoms. The summed E-state index contributed by atoms with van der Waals surface area (Å²) in [6.07, 6.45) is 3.62. The minimum absolute atomic E-state index is 0.0591. The van der Waals surface area contributed by atoms with Crippen LogP contribution in [0, 0.1) is 11.3 Å². The highest BCUT2D eigenvalue weighted by atomic mass is 15.1. The lowest BCUT2D eigenvalue weighted by Gasteiger charge is -2.21. The molecule has 0 bridgehead atoms. The molecule has 1 aromatic carbocycles. The summed E-state index contributed by atoms with van der Waals surface area (Å²) in [5.41, 5.74) is 2.75. The summed E-state index contributed by atoms with van der Waals surface area (Å²) >= 11 is 0. The molecule has 1 N–H and O–H groups in total. The van der Waals surface area contributed by atoms with Crippen LogP contribution in [0.15, 0.2) is 36.8 Å². The van der Waals surface area contributed by atoms with E-state index in [9.17, 15) is 0 Å². The minimum Gasteiger partial charge on any atom is -0.306 e. The Hall–Kier alpha value is -2.12. The van der Waals surface area contributed by atoms with E-state index in [1.54, 1.807) is 12.4 Å². The molecule has 1 heterocycles. The Morgan fingerprint density at radius 3 is 2.84 bits per heavy atom. The fourth-order valence-electron chi connectivity index (χ4n) is 1.77. The van der Waals surface area contributed by atoms with E-state index >= 15 is 0 Å². The standard InChI is InChI=1S/C15H18N4/c1-15(2,3)18-10-14-9-17-11-19(14)13-6-4-5-12(7-13)8-16/h4-7,9,11,18H,10H2,1-3H3. The SMILES string of the molecule is CC(C)(C)NCc1cncn1-c1cccc(C#N)c1. The third-order valence-electron chi connectivity index (χ3n) is 2.77. The van der Waals surface area contributed by atoms with Gasteiger partial charge in [-0.3, -0.25) is 0 Å². The van der Waals surface area contributed by atoms with Gasteiger partial charge in [-0.1, -0.05) is 6.07 Å². The lowest BCUT2D eigenvalue weighted by molar-refractivity contribution is 0.419. The van der Waals surface area contributed by atoms with Gasteiger partial charge in [-0.15, -0.1) is 0 Å². The van der Waals surface area contributed by atoms with Crippen molar-refractivity contribution in [3.63, 3.8) is 0 Å². The van der Waals surface area contributed by atoms with Gasteiger partial charge < -0.3 is 9.88 Å². The Morgan fingerprint density at radius 2 is 2.16 bits per heavy atom. The van der Waals surface area contributed by atoms with Gasteiger partial charge in [0.2, 0.25) is 0 Å². The number of aromatic nitrogens is 2. The Bertz CT molecular complexity index is 599. The van der Waals surface area contributed by atoms with Crippen molar-refractivity contribution in [2.75, 3.05) is 0 Å². The molecule has 0 amide bonds. The molecule has 2 aromatic rings. The molecule has 0 aliphatic carbocycles. The summed E-state index contributed by atoms with van der Waals surface area (Å²) in [5, 5.41) is 12.4. The van der Waals surface area contributed by atoms with Gasteiger partial charge >= 0.3 is 0 Å². The first-order valence-corrected chi connectivity index (χ1v) is 6.26. The molecule has 0 aliphatic heterocycles. The first-order valence-electron chi connectivity index (χ1n) is 6.26. The van der Waals surface area contributed by atoms with Crippen molar-refractivity contribution in [2.45, 2.75) is 32.9 Å². The van der Waals surface area contributed by atoms with Crippen molar-refractivity contribution in [1.82, 2.24) is 14.9 Å². The van der Waals surface area contributed by atoms with Crippen molar-refractivity contribution in [1.29, 1.82) is 5.26 Å². The normalized spacial score (nSPS) is 11.3. The van der Waals surface area contributed by atoms with Crippen LogP contribution in [-0.2, 0) is 6.54 Å². The maximum absolute atomic E-state index is 8.95. The van der Waals surface area contributed by atoms with Gasteiger partial charge in [0.25, 0.3) is 0 Å². The summed E-state index contributed by atoms with van der Waals surface area (Å²) in [6.45, 7) is 7.12. The van der Waals surface area contributed by atoms with Crippen LogP contribution in [0.4, 0.5) is 0 Å². The van der Waals surface area contributed by atoms with Gasteiger partial charge in [-0.05, 0) is 39.0 Å². The second kappa shape index (κ2) is 5.25. The van der Waals surface area contributed by atoms with Crippen LogP contribution < -0.4 is 5.32 Å². The number of nitriles is 1. The Morgan fingerprint density at radius 1 is 1.37 bits per heavy atom. The van der Waals surface area contributed by atoms with Crippen molar-refractivity contribution >= 4 is 0 Å². The molecule has 0 aliphatic rings. The van der Waals surface area contributed by atoms with Crippen LogP contribution in [-0.4, -0.2) is 15.1 Å².